The number of alkyl carbamates (subject to hydrolysis) is 1. The number of hydrogen-bond donors (Lipinski definition) is 2. The van der Waals surface area contributed by atoms with Gasteiger partial charge >= 0.3 is 6.09 Å². The van der Waals surface area contributed by atoms with Crippen molar-refractivity contribution in [2.75, 3.05) is 13.7 Å². The highest BCUT2D eigenvalue weighted by molar-refractivity contribution is 5.68. The Labute approximate surface area is 165 Å². The number of amides is 1. The molecule has 0 fully saturated rings. The van der Waals surface area contributed by atoms with Gasteiger partial charge in [-0.05, 0) is 56.5 Å². The monoisotopic (exact) mass is 391 g/mol. The molecule has 9 heteroatoms. The van der Waals surface area contributed by atoms with Crippen LogP contribution >= 0.6 is 0 Å². The zero-order chi connectivity index (χ0) is 20.6. The Hall–Kier alpha value is -2.68. The maximum Gasteiger partial charge on any atom is 0.408 e. The molecule has 2 N–H and O–H groups in total. The summed E-state index contributed by atoms with van der Waals surface area (Å²) in [6, 6.07) is 7.08. The van der Waals surface area contributed by atoms with Gasteiger partial charge in [-0.25, -0.2) is 4.79 Å². The third-order valence-corrected chi connectivity index (χ3v) is 3.84. The van der Waals surface area contributed by atoms with Gasteiger partial charge in [-0.15, -0.1) is 10.2 Å². The predicted octanol–water partition coefficient (Wildman–Crippen LogP) is 2.26. The van der Waals surface area contributed by atoms with Gasteiger partial charge in [0.2, 0.25) is 0 Å². The molecule has 1 heterocycles. The van der Waals surface area contributed by atoms with Crippen LogP contribution in [0.2, 0.25) is 0 Å². The highest BCUT2D eigenvalue weighted by Crippen LogP contribution is 2.19. The minimum absolute atomic E-state index is 0.127. The maximum atomic E-state index is 12.3. The van der Waals surface area contributed by atoms with Gasteiger partial charge in [0, 0.05) is 13.0 Å². The molecule has 28 heavy (non-hydrogen) atoms. The van der Waals surface area contributed by atoms with Gasteiger partial charge in [-0.2, -0.15) is 4.80 Å². The first-order chi connectivity index (χ1) is 13.3. The van der Waals surface area contributed by atoms with E-state index < -0.39 is 17.7 Å². The summed E-state index contributed by atoms with van der Waals surface area (Å²) in [4.78, 5) is 13.8. The van der Waals surface area contributed by atoms with Gasteiger partial charge in [0.05, 0.1) is 13.7 Å². The van der Waals surface area contributed by atoms with Crippen LogP contribution in [0.3, 0.4) is 0 Å². The predicted molar refractivity (Wildman–Crippen MR) is 103 cm³/mol. The fourth-order valence-electron chi connectivity index (χ4n) is 2.51. The Balaban J connectivity index is 2.13. The summed E-state index contributed by atoms with van der Waals surface area (Å²) in [6.07, 6.45) is 1.35. The van der Waals surface area contributed by atoms with Gasteiger partial charge in [0.25, 0.3) is 0 Å². The zero-order valence-electron chi connectivity index (χ0n) is 16.9. The van der Waals surface area contributed by atoms with Gasteiger partial charge in [0.1, 0.15) is 17.4 Å². The summed E-state index contributed by atoms with van der Waals surface area (Å²) in [5.74, 6) is 1.17. The molecule has 1 atom stereocenters. The van der Waals surface area contributed by atoms with E-state index in [4.69, 9.17) is 14.6 Å². The molecule has 2 rings (SSSR count). The average molecular weight is 391 g/mol. The van der Waals surface area contributed by atoms with Crippen molar-refractivity contribution in [3.63, 3.8) is 0 Å². The van der Waals surface area contributed by atoms with Gasteiger partial charge in [-0.1, -0.05) is 12.1 Å². The Kier molecular flexibility index (Phi) is 7.74. The summed E-state index contributed by atoms with van der Waals surface area (Å²) >= 11 is 0. The van der Waals surface area contributed by atoms with E-state index in [0.717, 1.165) is 17.7 Å². The van der Waals surface area contributed by atoms with Crippen LogP contribution in [0.4, 0.5) is 4.79 Å². The maximum absolute atomic E-state index is 12.3. The summed E-state index contributed by atoms with van der Waals surface area (Å²) in [6.45, 7) is 6.10. The third-order valence-electron chi connectivity index (χ3n) is 3.84. The van der Waals surface area contributed by atoms with E-state index >= 15 is 0 Å². The molecule has 0 unspecified atom stereocenters. The number of nitrogens with zero attached hydrogens (tertiary/aromatic N) is 4. The Bertz CT molecular complexity index is 740. The zero-order valence-corrected chi connectivity index (χ0v) is 16.9. The molecule has 0 bridgehead atoms. The molecule has 0 aliphatic carbocycles. The fourth-order valence-corrected chi connectivity index (χ4v) is 2.51. The van der Waals surface area contributed by atoms with Crippen molar-refractivity contribution in [2.24, 2.45) is 0 Å². The SMILES string of the molecule is COc1ccc(C[C@H](NC(=O)OC(C)(C)C)c2nnn(CCCCO)n2)cc1. The second-order valence-electron chi connectivity index (χ2n) is 7.43. The van der Waals surface area contributed by atoms with Crippen molar-refractivity contribution >= 4 is 6.09 Å². The number of unbranched alkanes of at least 4 members (excludes halogenated alkanes) is 1. The lowest BCUT2D eigenvalue weighted by Gasteiger charge is -2.22. The van der Waals surface area contributed by atoms with Crippen LogP contribution in [-0.4, -0.2) is 50.7 Å². The first-order valence-electron chi connectivity index (χ1n) is 9.31. The van der Waals surface area contributed by atoms with E-state index in [1.165, 1.54) is 4.80 Å². The number of rotatable bonds is 9. The largest absolute Gasteiger partial charge is 0.497 e. The number of ether oxygens (including phenoxy) is 2. The molecular weight excluding hydrogens is 362 g/mol. The van der Waals surface area contributed by atoms with E-state index in [2.05, 4.69) is 20.7 Å². The van der Waals surface area contributed by atoms with Crippen LogP contribution in [-0.2, 0) is 17.7 Å². The number of tetrazole rings is 1. The topological polar surface area (TPSA) is 111 Å². The lowest BCUT2D eigenvalue weighted by molar-refractivity contribution is 0.0501. The molecule has 0 spiro atoms. The summed E-state index contributed by atoms with van der Waals surface area (Å²) in [5.41, 5.74) is 0.378. The highest BCUT2D eigenvalue weighted by Gasteiger charge is 2.24. The van der Waals surface area contributed by atoms with Crippen LogP contribution < -0.4 is 10.1 Å². The molecule has 0 saturated heterocycles. The number of benzene rings is 1. The molecule has 0 aliphatic rings. The van der Waals surface area contributed by atoms with E-state index in [-0.39, 0.29) is 6.61 Å². The molecule has 1 aromatic carbocycles. The van der Waals surface area contributed by atoms with Crippen molar-refractivity contribution in [1.82, 2.24) is 25.5 Å². The number of methoxy groups -OCH3 is 1. The minimum Gasteiger partial charge on any atom is -0.497 e. The molecule has 2 aromatic rings. The van der Waals surface area contributed by atoms with Crippen LogP contribution in [0.1, 0.15) is 51.0 Å². The first-order valence-corrected chi connectivity index (χ1v) is 9.31. The second-order valence-corrected chi connectivity index (χ2v) is 7.43. The molecule has 1 aromatic heterocycles. The number of nitrogens with one attached hydrogen (secondary N) is 1. The number of hydrogen-bond acceptors (Lipinski definition) is 7. The number of aromatic nitrogens is 4. The van der Waals surface area contributed by atoms with E-state index in [9.17, 15) is 4.79 Å². The van der Waals surface area contributed by atoms with Gasteiger partial charge in [-0.3, -0.25) is 0 Å². The molecular formula is C19H29N5O4. The molecule has 0 saturated carbocycles. The van der Waals surface area contributed by atoms with Crippen LogP contribution in [0.25, 0.3) is 0 Å². The molecule has 1 amide bonds. The van der Waals surface area contributed by atoms with Gasteiger partial charge in [0.15, 0.2) is 5.82 Å². The Morgan fingerprint density at radius 1 is 1.25 bits per heavy atom. The number of aryl methyl sites for hydroxylation is 1. The van der Waals surface area contributed by atoms with Crippen molar-refractivity contribution in [1.29, 1.82) is 0 Å². The van der Waals surface area contributed by atoms with E-state index in [0.29, 0.717) is 25.2 Å². The normalized spacial score (nSPS) is 12.5. The van der Waals surface area contributed by atoms with Crippen LogP contribution in [0.15, 0.2) is 24.3 Å². The standard InChI is InChI=1S/C19H29N5O4/c1-19(2,3)28-18(26)20-16(13-14-7-9-15(27-4)10-8-14)17-21-23-24(22-17)11-5-6-12-25/h7-10,16,25H,5-6,11-13H2,1-4H3,(H,20,26)/t16-/m0/s1. The quantitative estimate of drug-likeness (QED) is 0.631. The Morgan fingerprint density at radius 2 is 1.96 bits per heavy atom. The molecule has 0 aliphatic heterocycles. The number of aliphatic hydroxyl groups is 1. The van der Waals surface area contributed by atoms with E-state index in [1.54, 1.807) is 27.9 Å². The van der Waals surface area contributed by atoms with Crippen molar-refractivity contribution in [3.8, 4) is 5.75 Å². The molecule has 0 radical (unpaired) electrons. The Morgan fingerprint density at radius 3 is 2.57 bits per heavy atom. The van der Waals surface area contributed by atoms with Gasteiger partial charge < -0.3 is 19.9 Å². The van der Waals surface area contributed by atoms with Crippen molar-refractivity contribution in [3.05, 3.63) is 35.7 Å². The average Bonchev–Trinajstić information content (AvgIpc) is 3.09. The minimum atomic E-state index is -0.607. The summed E-state index contributed by atoms with van der Waals surface area (Å²) in [5, 5.41) is 24.3. The molecule has 154 valence electrons. The number of carbonyl (C=O) groups is 1. The first kappa shape index (κ1) is 21.6. The second kappa shape index (κ2) is 10.0. The van der Waals surface area contributed by atoms with Crippen LogP contribution in [0.5, 0.6) is 5.75 Å². The number of carbonyl (C=O) groups excluding carboxylic acids is 1. The fraction of sp³-hybridized carbons (Fsp3) is 0.579. The highest BCUT2D eigenvalue weighted by atomic mass is 16.6. The van der Waals surface area contributed by atoms with E-state index in [1.807, 2.05) is 24.3 Å². The van der Waals surface area contributed by atoms with Crippen molar-refractivity contribution in [2.45, 2.75) is 58.2 Å². The van der Waals surface area contributed by atoms with Crippen LogP contribution in [0, 0.1) is 0 Å². The lowest BCUT2D eigenvalue weighted by Crippen LogP contribution is -2.36. The number of aliphatic hydroxyl groups excluding tert-OH is 1. The summed E-state index contributed by atoms with van der Waals surface area (Å²) in [7, 11) is 1.61. The lowest BCUT2D eigenvalue weighted by atomic mass is 10.1. The third kappa shape index (κ3) is 7.15. The molecule has 9 nitrogen and oxygen atoms in total. The smallest absolute Gasteiger partial charge is 0.408 e. The summed E-state index contributed by atoms with van der Waals surface area (Å²) < 4.78 is 10.6. The van der Waals surface area contributed by atoms with Crippen molar-refractivity contribution < 1.29 is 19.4 Å².